The van der Waals surface area contributed by atoms with Gasteiger partial charge in [0.15, 0.2) is 0 Å². The molecule has 0 N–H and O–H groups in total. The summed E-state index contributed by atoms with van der Waals surface area (Å²) < 4.78 is 10.6. The Morgan fingerprint density at radius 3 is 2.43 bits per heavy atom. The molecule has 0 amide bonds. The molecule has 0 unspecified atom stereocenters. The van der Waals surface area contributed by atoms with Crippen LogP contribution in [0.2, 0.25) is 0 Å². The van der Waals surface area contributed by atoms with E-state index in [1.165, 1.54) is 7.11 Å². The van der Waals surface area contributed by atoms with E-state index in [2.05, 4.69) is 15.9 Å². The van der Waals surface area contributed by atoms with E-state index in [-0.39, 0.29) is 5.97 Å². The van der Waals surface area contributed by atoms with E-state index < -0.39 is 0 Å². The quantitative estimate of drug-likeness (QED) is 0.456. The first kappa shape index (κ1) is 15.3. The Morgan fingerprint density at radius 1 is 1.10 bits per heavy atom. The fraction of sp³-hybridized carbons (Fsp3) is 0.118. The summed E-state index contributed by atoms with van der Waals surface area (Å²) in [6.07, 6.45) is 1.76. The molecule has 0 radical (unpaired) electrons. The third-order valence-corrected chi connectivity index (χ3v) is 3.42. The van der Waals surface area contributed by atoms with Gasteiger partial charge in [0.05, 0.1) is 7.11 Å². The van der Waals surface area contributed by atoms with Crippen LogP contribution in [0.1, 0.15) is 5.56 Å². The zero-order valence-corrected chi connectivity index (χ0v) is 13.2. The van der Waals surface area contributed by atoms with Gasteiger partial charge >= 0.3 is 5.97 Å². The fourth-order valence-corrected chi connectivity index (χ4v) is 2.17. The largest absolute Gasteiger partial charge is 0.466 e. The van der Waals surface area contributed by atoms with E-state index in [1.807, 2.05) is 54.6 Å². The second kappa shape index (κ2) is 7.64. The smallest absolute Gasteiger partial charge is 0.334 e. The lowest BCUT2D eigenvalue weighted by molar-refractivity contribution is -0.135. The first-order chi connectivity index (χ1) is 10.2. The van der Waals surface area contributed by atoms with Gasteiger partial charge < -0.3 is 9.47 Å². The predicted molar refractivity (Wildman–Crippen MR) is 86.7 cm³/mol. The summed E-state index contributed by atoms with van der Waals surface area (Å²) in [5.74, 6) is 1.07. The van der Waals surface area contributed by atoms with Gasteiger partial charge in [-0.3, -0.25) is 0 Å². The highest BCUT2D eigenvalue weighted by atomic mass is 79.9. The highest BCUT2D eigenvalue weighted by molar-refractivity contribution is 9.09. The Hall–Kier alpha value is -2.07. The molecule has 0 aliphatic rings. The lowest BCUT2D eigenvalue weighted by Crippen LogP contribution is -2.05. The molecule has 21 heavy (non-hydrogen) atoms. The lowest BCUT2D eigenvalue weighted by Gasteiger charge is -2.09. The Morgan fingerprint density at radius 2 is 1.76 bits per heavy atom. The van der Waals surface area contributed by atoms with Crippen LogP contribution in [0, 0.1) is 0 Å². The summed E-state index contributed by atoms with van der Waals surface area (Å²) >= 11 is 3.30. The van der Waals surface area contributed by atoms with Crippen LogP contribution in [0.15, 0.2) is 60.2 Å². The standard InChI is InChI=1S/C17H15BrO3/c1-20-17(19)14(12-18)11-13-7-5-6-10-16(13)21-15-8-3-2-4-9-15/h2-11H,12H2,1H3/b14-11+. The van der Waals surface area contributed by atoms with Gasteiger partial charge in [0.25, 0.3) is 0 Å². The highest BCUT2D eigenvalue weighted by Crippen LogP contribution is 2.27. The van der Waals surface area contributed by atoms with E-state index in [9.17, 15) is 4.79 Å². The Labute approximate surface area is 132 Å². The third-order valence-electron chi connectivity index (χ3n) is 2.81. The molecular formula is C17H15BrO3. The molecular weight excluding hydrogens is 332 g/mol. The number of esters is 1. The number of benzene rings is 2. The minimum absolute atomic E-state index is 0.360. The fourth-order valence-electron chi connectivity index (χ4n) is 1.78. The zero-order valence-electron chi connectivity index (χ0n) is 11.6. The van der Waals surface area contributed by atoms with Gasteiger partial charge in [0.1, 0.15) is 11.5 Å². The van der Waals surface area contributed by atoms with Crippen molar-refractivity contribution in [3.05, 3.63) is 65.7 Å². The van der Waals surface area contributed by atoms with E-state index in [1.54, 1.807) is 6.08 Å². The maximum Gasteiger partial charge on any atom is 0.334 e. The van der Waals surface area contributed by atoms with Gasteiger partial charge in [-0.1, -0.05) is 52.3 Å². The summed E-state index contributed by atoms with van der Waals surface area (Å²) in [7, 11) is 1.37. The maximum absolute atomic E-state index is 11.7. The molecule has 108 valence electrons. The summed E-state index contributed by atoms with van der Waals surface area (Å²) in [4.78, 5) is 11.7. The molecule has 4 heteroatoms. The second-order valence-corrected chi connectivity index (χ2v) is 4.81. The van der Waals surface area contributed by atoms with Crippen molar-refractivity contribution in [2.75, 3.05) is 12.4 Å². The highest BCUT2D eigenvalue weighted by Gasteiger charge is 2.10. The molecule has 2 rings (SSSR count). The molecule has 0 aliphatic carbocycles. The van der Waals surface area contributed by atoms with Gasteiger partial charge in [-0.2, -0.15) is 0 Å². The van der Waals surface area contributed by atoms with Crippen LogP contribution in [0.25, 0.3) is 6.08 Å². The van der Waals surface area contributed by atoms with Gasteiger partial charge in [0, 0.05) is 16.5 Å². The van der Waals surface area contributed by atoms with Crippen molar-refractivity contribution in [2.45, 2.75) is 0 Å². The van der Waals surface area contributed by atoms with Crippen LogP contribution >= 0.6 is 15.9 Å². The van der Waals surface area contributed by atoms with Gasteiger partial charge in [0.2, 0.25) is 0 Å². The number of carbonyl (C=O) groups excluding carboxylic acids is 1. The zero-order chi connectivity index (χ0) is 15.1. The summed E-state index contributed by atoms with van der Waals surface area (Å²) in [5.41, 5.74) is 1.35. The number of ether oxygens (including phenoxy) is 2. The van der Waals surface area contributed by atoms with E-state index >= 15 is 0 Å². The summed E-state index contributed by atoms with van der Waals surface area (Å²) in [6.45, 7) is 0. The molecule has 0 aliphatic heterocycles. The van der Waals surface area contributed by atoms with Crippen molar-refractivity contribution in [1.82, 2.24) is 0 Å². The molecule has 0 heterocycles. The Bertz CT molecular complexity index is 635. The van der Waals surface area contributed by atoms with Crippen molar-refractivity contribution in [2.24, 2.45) is 0 Å². The minimum atomic E-state index is -0.360. The van der Waals surface area contributed by atoms with Crippen molar-refractivity contribution in [1.29, 1.82) is 0 Å². The average Bonchev–Trinajstić information content (AvgIpc) is 2.54. The Kier molecular flexibility index (Phi) is 5.58. The minimum Gasteiger partial charge on any atom is -0.466 e. The summed E-state index contributed by atoms with van der Waals surface area (Å²) in [5, 5.41) is 0.416. The number of alkyl halides is 1. The first-order valence-electron chi connectivity index (χ1n) is 6.41. The van der Waals surface area contributed by atoms with Crippen molar-refractivity contribution in [3.63, 3.8) is 0 Å². The lowest BCUT2D eigenvalue weighted by atomic mass is 10.1. The van der Waals surface area contributed by atoms with Gasteiger partial charge in [-0.05, 0) is 24.3 Å². The SMILES string of the molecule is COC(=O)/C(=C/c1ccccc1Oc1ccccc1)CBr. The normalized spacial score (nSPS) is 11.0. The van der Waals surface area contributed by atoms with Crippen LogP contribution in [0.3, 0.4) is 0 Å². The molecule has 0 atom stereocenters. The summed E-state index contributed by atoms with van der Waals surface area (Å²) in [6, 6.07) is 17.1. The molecule has 0 spiro atoms. The van der Waals surface area contributed by atoms with Crippen LogP contribution in [-0.4, -0.2) is 18.4 Å². The Balaban J connectivity index is 2.32. The van der Waals surface area contributed by atoms with Crippen LogP contribution < -0.4 is 4.74 Å². The second-order valence-electron chi connectivity index (χ2n) is 4.25. The van der Waals surface area contributed by atoms with Crippen molar-refractivity contribution in [3.8, 4) is 11.5 Å². The predicted octanol–water partition coefficient (Wildman–Crippen LogP) is 4.43. The molecule has 0 aromatic heterocycles. The number of para-hydroxylation sites is 2. The van der Waals surface area contributed by atoms with Gasteiger partial charge in [-0.25, -0.2) is 4.79 Å². The maximum atomic E-state index is 11.7. The number of rotatable bonds is 5. The van der Waals surface area contributed by atoms with E-state index in [0.29, 0.717) is 16.7 Å². The van der Waals surface area contributed by atoms with Gasteiger partial charge in [-0.15, -0.1) is 0 Å². The molecule has 0 bridgehead atoms. The average molecular weight is 347 g/mol. The monoisotopic (exact) mass is 346 g/mol. The van der Waals surface area contributed by atoms with Crippen LogP contribution in [-0.2, 0) is 9.53 Å². The van der Waals surface area contributed by atoms with Crippen LogP contribution in [0.4, 0.5) is 0 Å². The molecule has 0 fully saturated rings. The molecule has 2 aromatic rings. The molecule has 3 nitrogen and oxygen atoms in total. The van der Waals surface area contributed by atoms with Crippen molar-refractivity contribution < 1.29 is 14.3 Å². The molecule has 0 saturated heterocycles. The number of carbonyl (C=O) groups is 1. The topological polar surface area (TPSA) is 35.5 Å². The molecule has 0 saturated carbocycles. The first-order valence-corrected chi connectivity index (χ1v) is 7.53. The van der Waals surface area contributed by atoms with E-state index in [0.717, 1.165) is 11.3 Å². The number of hydrogen-bond donors (Lipinski definition) is 0. The number of methoxy groups -OCH3 is 1. The van der Waals surface area contributed by atoms with Crippen LogP contribution in [0.5, 0.6) is 11.5 Å². The van der Waals surface area contributed by atoms with E-state index in [4.69, 9.17) is 9.47 Å². The molecule has 2 aromatic carbocycles. The van der Waals surface area contributed by atoms with Crippen molar-refractivity contribution >= 4 is 28.0 Å². The number of hydrogen-bond acceptors (Lipinski definition) is 3. The third kappa shape index (κ3) is 4.20. The number of halogens is 1.